The van der Waals surface area contributed by atoms with Gasteiger partial charge in [0.05, 0.1) is 16.1 Å². The van der Waals surface area contributed by atoms with E-state index in [2.05, 4.69) is 4.72 Å². The van der Waals surface area contributed by atoms with Crippen molar-refractivity contribution >= 4 is 32.0 Å². The van der Waals surface area contributed by atoms with Crippen LogP contribution < -0.4 is 4.72 Å². The summed E-state index contributed by atoms with van der Waals surface area (Å²) in [6.07, 6.45) is 0. The number of hydrogen-bond donors (Lipinski definition) is 1. The molecule has 0 amide bonds. The molecule has 110 valence electrons. The van der Waals surface area contributed by atoms with Crippen LogP contribution in [0.25, 0.3) is 0 Å². The SMILES string of the molecule is CC(=O)[S+]([O-])c1ccc(S(=O)(=O)Nc2ccccc2)cc1. The van der Waals surface area contributed by atoms with Crippen LogP contribution in [0.2, 0.25) is 0 Å². The minimum atomic E-state index is -3.71. The molecule has 1 unspecified atom stereocenters. The molecule has 0 aliphatic carbocycles. The third-order valence-electron chi connectivity index (χ3n) is 2.64. The van der Waals surface area contributed by atoms with E-state index in [4.69, 9.17) is 0 Å². The molecule has 0 heterocycles. The van der Waals surface area contributed by atoms with Gasteiger partial charge in [-0.2, -0.15) is 0 Å². The molecule has 0 aromatic heterocycles. The Labute approximate surface area is 126 Å². The fourth-order valence-electron chi connectivity index (χ4n) is 1.63. The Hall–Kier alpha value is -1.83. The van der Waals surface area contributed by atoms with E-state index in [1.54, 1.807) is 30.3 Å². The summed E-state index contributed by atoms with van der Waals surface area (Å²) < 4.78 is 38.4. The molecule has 7 heteroatoms. The second-order valence-electron chi connectivity index (χ2n) is 4.20. The molecule has 0 aliphatic heterocycles. The summed E-state index contributed by atoms with van der Waals surface area (Å²) in [5.74, 6) is 0. The normalized spacial score (nSPS) is 12.7. The van der Waals surface area contributed by atoms with E-state index in [1.807, 2.05) is 0 Å². The van der Waals surface area contributed by atoms with E-state index in [0.717, 1.165) is 0 Å². The molecule has 1 N–H and O–H groups in total. The van der Waals surface area contributed by atoms with Gasteiger partial charge in [-0.15, -0.1) is 0 Å². The van der Waals surface area contributed by atoms with Crippen molar-refractivity contribution in [3.63, 3.8) is 0 Å². The van der Waals surface area contributed by atoms with Crippen LogP contribution in [0.15, 0.2) is 64.4 Å². The highest BCUT2D eigenvalue weighted by atomic mass is 32.2. The molecule has 0 spiro atoms. The van der Waals surface area contributed by atoms with Crippen LogP contribution in [0.5, 0.6) is 0 Å². The van der Waals surface area contributed by atoms with Gasteiger partial charge >= 0.3 is 5.12 Å². The highest BCUT2D eigenvalue weighted by Gasteiger charge is 2.19. The maximum absolute atomic E-state index is 12.2. The molecule has 21 heavy (non-hydrogen) atoms. The van der Waals surface area contributed by atoms with Gasteiger partial charge in [0.15, 0.2) is 4.90 Å². The van der Waals surface area contributed by atoms with Gasteiger partial charge in [-0.3, -0.25) is 4.72 Å². The Morgan fingerprint density at radius 2 is 1.62 bits per heavy atom. The molecule has 0 radical (unpaired) electrons. The Balaban J connectivity index is 2.23. The van der Waals surface area contributed by atoms with Crippen LogP contribution >= 0.6 is 0 Å². The van der Waals surface area contributed by atoms with Crippen LogP contribution in [0.4, 0.5) is 5.69 Å². The molecule has 0 saturated heterocycles. The highest BCUT2D eigenvalue weighted by Crippen LogP contribution is 2.19. The zero-order valence-electron chi connectivity index (χ0n) is 11.1. The van der Waals surface area contributed by atoms with Crippen molar-refractivity contribution in [2.75, 3.05) is 4.72 Å². The Morgan fingerprint density at radius 3 is 2.14 bits per heavy atom. The number of sulfonamides is 1. The number of anilines is 1. The molecular weight excluding hydrogens is 310 g/mol. The number of benzene rings is 2. The van der Waals surface area contributed by atoms with Gasteiger partial charge in [0.2, 0.25) is 0 Å². The number of carbonyl (C=O) groups is 1. The highest BCUT2D eigenvalue weighted by molar-refractivity contribution is 8.06. The smallest absolute Gasteiger partial charge is 0.331 e. The van der Waals surface area contributed by atoms with Crippen molar-refractivity contribution < 1.29 is 17.8 Å². The summed E-state index contributed by atoms with van der Waals surface area (Å²) >= 11 is -1.76. The van der Waals surface area contributed by atoms with E-state index in [-0.39, 0.29) is 9.79 Å². The molecule has 0 aliphatic rings. The number of para-hydroxylation sites is 1. The molecule has 0 saturated carbocycles. The molecule has 5 nitrogen and oxygen atoms in total. The lowest BCUT2D eigenvalue weighted by atomic mass is 10.3. The summed E-state index contributed by atoms with van der Waals surface area (Å²) in [5, 5.41) is -0.479. The standard InChI is InChI=1S/C14H13NO4S2/c1-11(16)20(17)13-7-9-14(10-8-13)21(18,19)15-12-5-3-2-4-6-12/h2-10,15H,1H3. The minimum Gasteiger partial charge on any atom is -0.604 e. The Morgan fingerprint density at radius 1 is 1.05 bits per heavy atom. The molecule has 0 fully saturated rings. The van der Waals surface area contributed by atoms with Crippen LogP contribution in [-0.4, -0.2) is 18.1 Å². The molecule has 1 atom stereocenters. The van der Waals surface area contributed by atoms with E-state index in [1.165, 1.54) is 31.2 Å². The molecule has 2 aromatic rings. The van der Waals surface area contributed by atoms with Crippen molar-refractivity contribution in [3.05, 3.63) is 54.6 Å². The van der Waals surface area contributed by atoms with Gasteiger partial charge in [0, 0.05) is 12.6 Å². The fourth-order valence-corrected chi connectivity index (χ4v) is 3.40. The maximum atomic E-state index is 12.2. The average Bonchev–Trinajstić information content (AvgIpc) is 2.47. The summed E-state index contributed by atoms with van der Waals surface area (Å²) in [6, 6.07) is 13.9. The Bertz CT molecular complexity index is 727. The number of carbonyl (C=O) groups excluding carboxylic acids is 1. The molecule has 2 aromatic carbocycles. The van der Waals surface area contributed by atoms with Gasteiger partial charge in [-0.25, -0.2) is 13.2 Å². The molecule has 0 bridgehead atoms. The van der Waals surface area contributed by atoms with Crippen molar-refractivity contribution in [1.82, 2.24) is 0 Å². The van der Waals surface area contributed by atoms with Gasteiger partial charge in [0.25, 0.3) is 10.0 Å². The number of hydrogen-bond acceptors (Lipinski definition) is 4. The predicted octanol–water partition coefficient (Wildman–Crippen LogP) is 2.14. The van der Waals surface area contributed by atoms with Crippen molar-refractivity contribution in [3.8, 4) is 0 Å². The van der Waals surface area contributed by atoms with Crippen molar-refractivity contribution in [1.29, 1.82) is 0 Å². The van der Waals surface area contributed by atoms with Gasteiger partial charge < -0.3 is 4.55 Å². The summed E-state index contributed by atoms with van der Waals surface area (Å²) in [7, 11) is -3.71. The number of nitrogens with one attached hydrogen (secondary N) is 1. The van der Waals surface area contributed by atoms with Crippen LogP contribution in [0.3, 0.4) is 0 Å². The summed E-state index contributed by atoms with van der Waals surface area (Å²) in [6.45, 7) is 1.22. The predicted molar refractivity (Wildman–Crippen MR) is 80.8 cm³/mol. The largest absolute Gasteiger partial charge is 0.604 e. The van der Waals surface area contributed by atoms with Crippen molar-refractivity contribution in [2.24, 2.45) is 0 Å². The molecule has 2 rings (SSSR count). The van der Waals surface area contributed by atoms with Crippen molar-refractivity contribution in [2.45, 2.75) is 16.7 Å². The first-order valence-electron chi connectivity index (χ1n) is 6.00. The van der Waals surface area contributed by atoms with Crippen LogP contribution in [0.1, 0.15) is 6.92 Å². The lowest BCUT2D eigenvalue weighted by Crippen LogP contribution is -2.14. The van der Waals surface area contributed by atoms with E-state index in [0.29, 0.717) is 5.69 Å². The second kappa shape index (κ2) is 6.30. The van der Waals surface area contributed by atoms with E-state index >= 15 is 0 Å². The van der Waals surface area contributed by atoms with Gasteiger partial charge in [-0.05, 0) is 36.4 Å². The monoisotopic (exact) mass is 323 g/mol. The van der Waals surface area contributed by atoms with Gasteiger partial charge in [-0.1, -0.05) is 18.2 Å². The average molecular weight is 323 g/mol. The third-order valence-corrected chi connectivity index (χ3v) is 5.25. The number of rotatable bonds is 4. The van der Waals surface area contributed by atoms with Crippen LogP contribution in [-0.2, 0) is 26.0 Å². The first-order chi connectivity index (χ1) is 9.90. The van der Waals surface area contributed by atoms with Crippen LogP contribution in [0, 0.1) is 0 Å². The zero-order chi connectivity index (χ0) is 15.5. The first kappa shape index (κ1) is 15.6. The lowest BCUT2D eigenvalue weighted by molar-refractivity contribution is -0.109. The Kier molecular flexibility index (Phi) is 4.66. The lowest BCUT2D eigenvalue weighted by Gasteiger charge is -2.09. The van der Waals surface area contributed by atoms with E-state index in [9.17, 15) is 17.8 Å². The first-order valence-corrected chi connectivity index (χ1v) is 8.64. The topological polar surface area (TPSA) is 86.3 Å². The molecular formula is C14H13NO4S2. The summed E-state index contributed by atoms with van der Waals surface area (Å²) in [5.41, 5.74) is 0.453. The minimum absolute atomic E-state index is 0.0376. The zero-order valence-corrected chi connectivity index (χ0v) is 12.8. The quantitative estimate of drug-likeness (QED) is 0.873. The maximum Gasteiger partial charge on any atom is 0.331 e. The fraction of sp³-hybridized carbons (Fsp3) is 0.0714. The van der Waals surface area contributed by atoms with Gasteiger partial charge in [0.1, 0.15) is 0 Å². The third kappa shape index (κ3) is 3.84. The second-order valence-corrected chi connectivity index (χ2v) is 7.47. The van der Waals surface area contributed by atoms with E-state index < -0.39 is 26.3 Å². The summed E-state index contributed by atoms with van der Waals surface area (Å²) in [4.78, 5) is 11.4.